The van der Waals surface area contributed by atoms with Gasteiger partial charge in [-0.2, -0.15) is 4.98 Å². The lowest BCUT2D eigenvalue weighted by molar-refractivity contribution is 0.415. The lowest BCUT2D eigenvalue weighted by atomic mass is 10.2. The van der Waals surface area contributed by atoms with Crippen LogP contribution in [0, 0.1) is 17.5 Å². The molecule has 1 aromatic heterocycles. The predicted molar refractivity (Wildman–Crippen MR) is 84.8 cm³/mol. The fourth-order valence-electron chi connectivity index (χ4n) is 2.13. The van der Waals surface area contributed by atoms with Gasteiger partial charge in [0.2, 0.25) is 4.80 Å². The van der Waals surface area contributed by atoms with Crippen molar-refractivity contribution < 1.29 is 17.9 Å². The molecule has 0 aliphatic rings. The summed E-state index contributed by atoms with van der Waals surface area (Å²) < 4.78 is 46.9. The maximum Gasteiger partial charge on any atom is 0.222 e. The average molecular weight is 351 g/mol. The van der Waals surface area contributed by atoms with E-state index in [1.807, 2.05) is 0 Å². The summed E-state index contributed by atoms with van der Waals surface area (Å²) in [6, 6.07) is 8.85. The minimum Gasteiger partial charge on any atom is -0.497 e. The zero-order chi connectivity index (χ0) is 17.3. The van der Waals surface area contributed by atoms with Crippen LogP contribution in [0.25, 0.3) is 17.1 Å². The van der Waals surface area contributed by atoms with Crippen LogP contribution in [-0.2, 0) is 0 Å². The second-order valence-electron chi connectivity index (χ2n) is 4.78. The van der Waals surface area contributed by atoms with Crippen molar-refractivity contribution in [2.45, 2.75) is 0 Å². The molecule has 3 aromatic rings. The molecule has 0 spiro atoms. The van der Waals surface area contributed by atoms with Crippen LogP contribution in [0.3, 0.4) is 0 Å². The van der Waals surface area contributed by atoms with Crippen LogP contribution in [0.1, 0.15) is 0 Å². The third-order valence-electron chi connectivity index (χ3n) is 3.31. The SMILES string of the molecule is CN=c1nc(-c2ccc(OC)cc2)n(-c2cc(F)c(F)c(F)c2)s1. The van der Waals surface area contributed by atoms with Gasteiger partial charge in [0, 0.05) is 24.7 Å². The van der Waals surface area contributed by atoms with Gasteiger partial charge in [0.05, 0.1) is 12.8 Å². The van der Waals surface area contributed by atoms with Crippen molar-refractivity contribution in [3.8, 4) is 22.8 Å². The molecule has 3 rings (SSSR count). The predicted octanol–water partition coefficient (Wildman–Crippen LogP) is 3.56. The third kappa shape index (κ3) is 2.92. The second-order valence-corrected chi connectivity index (χ2v) is 5.69. The fraction of sp³-hybridized carbons (Fsp3) is 0.125. The number of hydrogen-bond acceptors (Lipinski definition) is 4. The molecule has 0 radical (unpaired) electrons. The Morgan fingerprint density at radius 3 is 2.25 bits per heavy atom. The maximum absolute atomic E-state index is 13.6. The van der Waals surface area contributed by atoms with Gasteiger partial charge in [-0.05, 0) is 35.8 Å². The molecule has 0 amide bonds. The molecular weight excluding hydrogens is 339 g/mol. The van der Waals surface area contributed by atoms with Crippen molar-refractivity contribution >= 4 is 11.5 Å². The van der Waals surface area contributed by atoms with Crippen molar-refractivity contribution in [3.05, 3.63) is 58.7 Å². The van der Waals surface area contributed by atoms with Crippen molar-refractivity contribution in [2.75, 3.05) is 14.2 Å². The molecule has 2 aromatic carbocycles. The van der Waals surface area contributed by atoms with Gasteiger partial charge < -0.3 is 4.74 Å². The summed E-state index contributed by atoms with van der Waals surface area (Å²) in [5.41, 5.74) is 0.830. The Hall–Kier alpha value is -2.61. The van der Waals surface area contributed by atoms with Crippen LogP contribution in [0.4, 0.5) is 13.2 Å². The highest BCUT2D eigenvalue weighted by atomic mass is 32.1. The molecule has 0 unspecified atom stereocenters. The highest BCUT2D eigenvalue weighted by Gasteiger charge is 2.16. The molecule has 0 fully saturated rings. The van der Waals surface area contributed by atoms with E-state index in [0.29, 0.717) is 21.9 Å². The number of benzene rings is 2. The van der Waals surface area contributed by atoms with E-state index in [2.05, 4.69) is 9.98 Å². The van der Waals surface area contributed by atoms with E-state index in [0.717, 1.165) is 23.7 Å². The molecule has 0 N–H and O–H groups in total. The summed E-state index contributed by atoms with van der Waals surface area (Å²) in [6.45, 7) is 0. The molecule has 0 aliphatic carbocycles. The van der Waals surface area contributed by atoms with E-state index in [9.17, 15) is 13.2 Å². The van der Waals surface area contributed by atoms with Gasteiger partial charge >= 0.3 is 0 Å². The second kappa shape index (κ2) is 6.48. The molecular formula is C16H12F3N3OS. The minimum absolute atomic E-state index is 0.129. The van der Waals surface area contributed by atoms with Gasteiger partial charge in [0.15, 0.2) is 23.3 Å². The lowest BCUT2D eigenvalue weighted by Crippen LogP contribution is -1.99. The Kier molecular flexibility index (Phi) is 4.39. The summed E-state index contributed by atoms with van der Waals surface area (Å²) in [6.07, 6.45) is 0. The lowest BCUT2D eigenvalue weighted by Gasteiger charge is -2.08. The van der Waals surface area contributed by atoms with E-state index < -0.39 is 17.5 Å². The number of nitrogens with zero attached hydrogens (tertiary/aromatic N) is 3. The van der Waals surface area contributed by atoms with E-state index in [-0.39, 0.29) is 5.69 Å². The zero-order valence-corrected chi connectivity index (χ0v) is 13.6. The Labute approximate surface area is 139 Å². The van der Waals surface area contributed by atoms with Crippen molar-refractivity contribution in [2.24, 2.45) is 4.99 Å². The molecule has 24 heavy (non-hydrogen) atoms. The number of rotatable bonds is 3. The molecule has 0 saturated heterocycles. The van der Waals surface area contributed by atoms with E-state index in [1.165, 1.54) is 3.96 Å². The first-order chi connectivity index (χ1) is 11.5. The number of halogens is 3. The minimum atomic E-state index is -1.50. The Morgan fingerprint density at radius 2 is 1.71 bits per heavy atom. The van der Waals surface area contributed by atoms with Gasteiger partial charge in [0.1, 0.15) is 5.75 Å². The molecule has 0 bridgehead atoms. The summed E-state index contributed by atoms with van der Waals surface area (Å²) in [4.78, 5) is 8.77. The van der Waals surface area contributed by atoms with Gasteiger partial charge in [-0.25, -0.2) is 17.1 Å². The quantitative estimate of drug-likeness (QED) is 0.677. The summed E-state index contributed by atoms with van der Waals surface area (Å²) in [5.74, 6) is -2.92. The smallest absolute Gasteiger partial charge is 0.222 e. The number of hydrogen-bond donors (Lipinski definition) is 0. The van der Waals surface area contributed by atoms with Crippen LogP contribution in [-0.4, -0.2) is 23.1 Å². The van der Waals surface area contributed by atoms with Crippen LogP contribution < -0.4 is 9.54 Å². The number of methoxy groups -OCH3 is 1. The van der Waals surface area contributed by atoms with Gasteiger partial charge in [-0.1, -0.05) is 0 Å². The standard InChI is InChI=1S/C16H12F3N3OS/c1-20-16-21-15(9-3-5-11(23-2)6-4-9)22(24-16)10-7-12(17)14(19)13(18)8-10/h3-8H,1-2H3. The third-order valence-corrected chi connectivity index (χ3v) is 4.31. The molecule has 0 atom stereocenters. The monoisotopic (exact) mass is 351 g/mol. The normalized spacial score (nSPS) is 11.8. The zero-order valence-electron chi connectivity index (χ0n) is 12.8. The van der Waals surface area contributed by atoms with Crippen molar-refractivity contribution in [1.82, 2.24) is 8.94 Å². The van der Waals surface area contributed by atoms with Gasteiger partial charge in [-0.3, -0.25) is 4.99 Å². The fourth-order valence-corrected chi connectivity index (χ4v) is 2.94. The average Bonchev–Trinajstić information content (AvgIpc) is 3.03. The number of ether oxygens (including phenoxy) is 1. The van der Waals surface area contributed by atoms with Crippen LogP contribution >= 0.6 is 11.5 Å². The van der Waals surface area contributed by atoms with Gasteiger partial charge in [0.25, 0.3) is 0 Å². The van der Waals surface area contributed by atoms with E-state index >= 15 is 0 Å². The van der Waals surface area contributed by atoms with Crippen LogP contribution in [0.15, 0.2) is 41.4 Å². The first kappa shape index (κ1) is 16.3. The molecule has 0 aliphatic heterocycles. The molecule has 0 saturated carbocycles. The molecule has 124 valence electrons. The van der Waals surface area contributed by atoms with E-state index in [1.54, 1.807) is 38.4 Å². The van der Waals surface area contributed by atoms with Crippen molar-refractivity contribution in [1.29, 1.82) is 0 Å². The Morgan fingerprint density at radius 1 is 1.08 bits per heavy atom. The Bertz CT molecular complexity index is 925. The summed E-state index contributed by atoms with van der Waals surface area (Å²) >= 11 is 1.09. The van der Waals surface area contributed by atoms with Crippen LogP contribution in [0.5, 0.6) is 5.75 Å². The maximum atomic E-state index is 13.6. The highest BCUT2D eigenvalue weighted by Crippen LogP contribution is 2.26. The van der Waals surface area contributed by atoms with Crippen LogP contribution in [0.2, 0.25) is 0 Å². The largest absolute Gasteiger partial charge is 0.497 e. The molecule has 8 heteroatoms. The number of aromatic nitrogens is 2. The van der Waals surface area contributed by atoms with Crippen molar-refractivity contribution in [3.63, 3.8) is 0 Å². The van der Waals surface area contributed by atoms with Gasteiger partial charge in [-0.15, -0.1) is 0 Å². The topological polar surface area (TPSA) is 39.4 Å². The molecule has 1 heterocycles. The highest BCUT2D eigenvalue weighted by molar-refractivity contribution is 7.04. The van der Waals surface area contributed by atoms with E-state index in [4.69, 9.17) is 4.74 Å². The molecule has 4 nitrogen and oxygen atoms in total. The first-order valence-corrected chi connectivity index (χ1v) is 7.63. The summed E-state index contributed by atoms with van der Waals surface area (Å²) in [5, 5.41) is 0. The first-order valence-electron chi connectivity index (χ1n) is 6.86. The Balaban J connectivity index is 2.19. The summed E-state index contributed by atoms with van der Waals surface area (Å²) in [7, 11) is 3.11.